The van der Waals surface area contributed by atoms with E-state index in [1.807, 2.05) is 24.3 Å². The summed E-state index contributed by atoms with van der Waals surface area (Å²) < 4.78 is 0. The number of benzene rings is 1. The lowest BCUT2D eigenvalue weighted by molar-refractivity contribution is -0.133. The van der Waals surface area contributed by atoms with Crippen LogP contribution < -0.4 is 11.1 Å². The molecule has 0 spiro atoms. The monoisotopic (exact) mass is 263 g/mol. The van der Waals surface area contributed by atoms with Crippen molar-refractivity contribution in [1.82, 2.24) is 10.2 Å². The highest BCUT2D eigenvalue weighted by Gasteiger charge is 2.17. The molecule has 0 aliphatic carbocycles. The lowest BCUT2D eigenvalue weighted by Gasteiger charge is -2.18. The largest absolute Gasteiger partial charge is 0.347 e. The summed E-state index contributed by atoms with van der Waals surface area (Å²) in [6.45, 7) is 2.07. The van der Waals surface area contributed by atoms with Gasteiger partial charge in [0.2, 0.25) is 11.8 Å². The van der Waals surface area contributed by atoms with Gasteiger partial charge in [0.05, 0.1) is 6.42 Å². The van der Waals surface area contributed by atoms with Crippen molar-refractivity contribution in [2.24, 2.45) is 5.73 Å². The van der Waals surface area contributed by atoms with Crippen molar-refractivity contribution < 1.29 is 9.59 Å². The SMILES string of the molecule is CC(NC(=O)Cc1ccccc1CN)C(=O)N(C)C. The predicted octanol–water partition coefficient (Wildman–Crippen LogP) is 0.281. The predicted molar refractivity (Wildman–Crippen MR) is 74.3 cm³/mol. The first-order valence-electron chi connectivity index (χ1n) is 6.23. The molecule has 2 amide bonds. The number of hydrogen-bond donors (Lipinski definition) is 2. The molecule has 1 atom stereocenters. The molecule has 5 heteroatoms. The van der Waals surface area contributed by atoms with Gasteiger partial charge in [-0.25, -0.2) is 0 Å². The van der Waals surface area contributed by atoms with Gasteiger partial charge in [0.15, 0.2) is 0 Å². The third-order valence-corrected chi connectivity index (χ3v) is 2.88. The van der Waals surface area contributed by atoms with Crippen molar-refractivity contribution >= 4 is 11.8 Å². The summed E-state index contributed by atoms with van der Waals surface area (Å²) >= 11 is 0. The van der Waals surface area contributed by atoms with Gasteiger partial charge in [0, 0.05) is 20.6 Å². The number of carbonyl (C=O) groups excluding carboxylic acids is 2. The molecule has 0 bridgehead atoms. The van der Waals surface area contributed by atoms with E-state index >= 15 is 0 Å². The molecule has 1 rings (SSSR count). The first-order valence-corrected chi connectivity index (χ1v) is 6.23. The Morgan fingerprint density at radius 2 is 1.84 bits per heavy atom. The Balaban J connectivity index is 2.63. The minimum Gasteiger partial charge on any atom is -0.347 e. The topological polar surface area (TPSA) is 75.4 Å². The molecular formula is C14H21N3O2. The van der Waals surface area contributed by atoms with Gasteiger partial charge < -0.3 is 16.0 Å². The lowest BCUT2D eigenvalue weighted by atomic mass is 10.0. The number of nitrogens with two attached hydrogens (primary N) is 1. The zero-order chi connectivity index (χ0) is 14.4. The normalized spacial score (nSPS) is 11.8. The molecule has 5 nitrogen and oxygen atoms in total. The van der Waals surface area contributed by atoms with Crippen LogP contribution in [0.25, 0.3) is 0 Å². The third kappa shape index (κ3) is 4.37. The zero-order valence-electron chi connectivity index (χ0n) is 11.6. The molecule has 0 aromatic heterocycles. The molecule has 19 heavy (non-hydrogen) atoms. The van der Waals surface area contributed by atoms with Gasteiger partial charge in [-0.15, -0.1) is 0 Å². The number of nitrogens with zero attached hydrogens (tertiary/aromatic N) is 1. The third-order valence-electron chi connectivity index (χ3n) is 2.88. The van der Waals surface area contributed by atoms with E-state index in [1.165, 1.54) is 4.90 Å². The number of rotatable bonds is 5. The van der Waals surface area contributed by atoms with Gasteiger partial charge in [-0.1, -0.05) is 24.3 Å². The fraction of sp³-hybridized carbons (Fsp3) is 0.429. The Hall–Kier alpha value is -1.88. The van der Waals surface area contributed by atoms with Crippen molar-refractivity contribution in [3.8, 4) is 0 Å². The quantitative estimate of drug-likeness (QED) is 0.801. The van der Waals surface area contributed by atoms with Crippen LogP contribution in [0.2, 0.25) is 0 Å². The van der Waals surface area contributed by atoms with Crippen LogP contribution in [0.15, 0.2) is 24.3 Å². The van der Waals surface area contributed by atoms with Crippen molar-refractivity contribution in [2.75, 3.05) is 14.1 Å². The van der Waals surface area contributed by atoms with E-state index in [9.17, 15) is 9.59 Å². The molecular weight excluding hydrogens is 242 g/mol. The fourth-order valence-corrected chi connectivity index (χ4v) is 1.84. The van der Waals surface area contributed by atoms with Crippen molar-refractivity contribution in [2.45, 2.75) is 25.9 Å². The van der Waals surface area contributed by atoms with E-state index in [-0.39, 0.29) is 18.2 Å². The average Bonchev–Trinajstić information content (AvgIpc) is 2.38. The molecule has 0 radical (unpaired) electrons. The molecule has 0 saturated heterocycles. The number of nitrogens with one attached hydrogen (secondary N) is 1. The summed E-state index contributed by atoms with van der Waals surface area (Å²) in [6.07, 6.45) is 0.235. The second kappa shape index (κ2) is 6.89. The van der Waals surface area contributed by atoms with Crippen LogP contribution in [0.3, 0.4) is 0 Å². The van der Waals surface area contributed by atoms with E-state index in [0.717, 1.165) is 11.1 Å². The Morgan fingerprint density at radius 3 is 2.37 bits per heavy atom. The van der Waals surface area contributed by atoms with Crippen LogP contribution in [-0.2, 0) is 22.6 Å². The maximum Gasteiger partial charge on any atom is 0.244 e. The van der Waals surface area contributed by atoms with Gasteiger partial charge >= 0.3 is 0 Å². The molecule has 3 N–H and O–H groups in total. The Bertz CT molecular complexity index is 458. The van der Waals surface area contributed by atoms with Crippen LogP contribution in [0.4, 0.5) is 0 Å². The highest BCUT2D eigenvalue weighted by atomic mass is 16.2. The summed E-state index contributed by atoms with van der Waals surface area (Å²) in [7, 11) is 3.32. The van der Waals surface area contributed by atoms with Crippen LogP contribution in [0.1, 0.15) is 18.1 Å². The number of amides is 2. The van der Waals surface area contributed by atoms with Gasteiger partial charge in [0.1, 0.15) is 6.04 Å². The molecule has 104 valence electrons. The highest BCUT2D eigenvalue weighted by Crippen LogP contribution is 2.08. The Morgan fingerprint density at radius 1 is 1.26 bits per heavy atom. The second-order valence-electron chi connectivity index (χ2n) is 4.67. The molecule has 0 aliphatic rings. The smallest absolute Gasteiger partial charge is 0.244 e. The summed E-state index contributed by atoms with van der Waals surface area (Å²) in [6, 6.07) is 7.02. The minimum atomic E-state index is -0.521. The van der Waals surface area contributed by atoms with Gasteiger partial charge in [-0.05, 0) is 18.1 Å². The van der Waals surface area contributed by atoms with Crippen LogP contribution in [0, 0.1) is 0 Å². The molecule has 0 aliphatic heterocycles. The zero-order valence-corrected chi connectivity index (χ0v) is 11.6. The summed E-state index contributed by atoms with van der Waals surface area (Å²) in [5.41, 5.74) is 7.47. The first kappa shape index (κ1) is 15.2. The van der Waals surface area contributed by atoms with Gasteiger partial charge in [-0.3, -0.25) is 9.59 Å². The lowest BCUT2D eigenvalue weighted by Crippen LogP contribution is -2.44. The standard InChI is InChI=1S/C14H21N3O2/c1-10(14(19)17(2)3)16-13(18)8-11-6-4-5-7-12(11)9-15/h4-7,10H,8-9,15H2,1-3H3,(H,16,18). The molecule has 1 aromatic rings. The van der Waals surface area contributed by atoms with Crippen molar-refractivity contribution in [1.29, 1.82) is 0 Å². The number of carbonyl (C=O) groups is 2. The van der Waals surface area contributed by atoms with Crippen molar-refractivity contribution in [3.63, 3.8) is 0 Å². The first-order chi connectivity index (χ1) is 8.95. The van der Waals surface area contributed by atoms with Gasteiger partial charge in [-0.2, -0.15) is 0 Å². The average molecular weight is 263 g/mol. The number of hydrogen-bond acceptors (Lipinski definition) is 3. The summed E-state index contributed by atoms with van der Waals surface area (Å²) in [5.74, 6) is -0.302. The second-order valence-corrected chi connectivity index (χ2v) is 4.67. The highest BCUT2D eigenvalue weighted by molar-refractivity contribution is 5.87. The van der Waals surface area contributed by atoms with E-state index in [1.54, 1.807) is 21.0 Å². The molecule has 0 heterocycles. The maximum atomic E-state index is 11.9. The summed E-state index contributed by atoms with van der Waals surface area (Å²) in [4.78, 5) is 25.0. The van der Waals surface area contributed by atoms with E-state index in [2.05, 4.69) is 5.32 Å². The Labute approximate surface area is 113 Å². The summed E-state index contributed by atoms with van der Waals surface area (Å²) in [5, 5.41) is 2.69. The number of likely N-dealkylation sites (N-methyl/N-ethyl adjacent to an activating group) is 1. The van der Waals surface area contributed by atoms with Crippen molar-refractivity contribution in [3.05, 3.63) is 35.4 Å². The van der Waals surface area contributed by atoms with Crippen LogP contribution >= 0.6 is 0 Å². The van der Waals surface area contributed by atoms with Crippen LogP contribution in [-0.4, -0.2) is 36.9 Å². The van der Waals surface area contributed by atoms with Crippen LogP contribution in [0.5, 0.6) is 0 Å². The molecule has 1 unspecified atom stereocenters. The van der Waals surface area contributed by atoms with E-state index in [4.69, 9.17) is 5.73 Å². The molecule has 1 aromatic carbocycles. The Kier molecular flexibility index (Phi) is 5.51. The van der Waals surface area contributed by atoms with E-state index in [0.29, 0.717) is 6.54 Å². The minimum absolute atomic E-state index is 0.125. The van der Waals surface area contributed by atoms with E-state index < -0.39 is 6.04 Å². The molecule has 0 saturated carbocycles. The fourth-order valence-electron chi connectivity index (χ4n) is 1.84. The maximum absolute atomic E-state index is 11.9. The molecule has 0 fully saturated rings. The van der Waals surface area contributed by atoms with Gasteiger partial charge in [0.25, 0.3) is 0 Å².